The Morgan fingerprint density at radius 1 is 1.35 bits per heavy atom. The molecular formula is C15H21FN4. The zero-order valence-corrected chi connectivity index (χ0v) is 12.2. The number of aromatic nitrogens is 3. The topological polar surface area (TPSA) is 42.7 Å². The number of hydrogen-bond donors (Lipinski definition) is 1. The number of nitrogens with one attached hydrogen (secondary N) is 1. The van der Waals surface area contributed by atoms with Crippen LogP contribution in [-0.2, 0) is 6.42 Å². The summed E-state index contributed by atoms with van der Waals surface area (Å²) in [6.45, 7) is 4.93. The first-order chi connectivity index (χ1) is 9.61. The molecule has 108 valence electrons. The standard InChI is InChI=1S/C15H21FN4/c1-11(2)20-15(18-10-19-20)8-13(9-17-3)12-5-4-6-14(16)7-12/h4-7,10-11,13,17H,8-9H2,1-3H3. The van der Waals surface area contributed by atoms with E-state index in [2.05, 4.69) is 29.2 Å². The fourth-order valence-electron chi connectivity index (χ4n) is 2.39. The second-order valence-corrected chi connectivity index (χ2v) is 5.23. The molecule has 5 heteroatoms. The molecular weight excluding hydrogens is 255 g/mol. The van der Waals surface area contributed by atoms with Gasteiger partial charge in [-0.1, -0.05) is 12.1 Å². The van der Waals surface area contributed by atoms with Gasteiger partial charge in [-0.2, -0.15) is 5.10 Å². The van der Waals surface area contributed by atoms with Crippen LogP contribution in [0.3, 0.4) is 0 Å². The molecule has 2 rings (SSSR count). The molecule has 0 radical (unpaired) electrons. The molecule has 0 amide bonds. The van der Waals surface area contributed by atoms with Gasteiger partial charge in [-0.15, -0.1) is 0 Å². The van der Waals surface area contributed by atoms with Gasteiger partial charge in [0.05, 0.1) is 0 Å². The smallest absolute Gasteiger partial charge is 0.138 e. The van der Waals surface area contributed by atoms with E-state index in [1.54, 1.807) is 18.5 Å². The second kappa shape index (κ2) is 6.61. The molecule has 0 aliphatic heterocycles. The third kappa shape index (κ3) is 3.42. The predicted octanol–water partition coefficient (Wildman–Crippen LogP) is 2.54. The van der Waals surface area contributed by atoms with Gasteiger partial charge >= 0.3 is 0 Å². The molecule has 0 aliphatic rings. The Bertz CT molecular complexity index is 550. The summed E-state index contributed by atoms with van der Waals surface area (Å²) in [6, 6.07) is 7.05. The average molecular weight is 276 g/mol. The summed E-state index contributed by atoms with van der Waals surface area (Å²) in [5, 5.41) is 7.42. The van der Waals surface area contributed by atoms with E-state index >= 15 is 0 Å². The second-order valence-electron chi connectivity index (χ2n) is 5.23. The molecule has 0 saturated heterocycles. The van der Waals surface area contributed by atoms with Gasteiger partial charge in [0.25, 0.3) is 0 Å². The molecule has 1 heterocycles. The van der Waals surface area contributed by atoms with Crippen molar-refractivity contribution < 1.29 is 4.39 Å². The maximum atomic E-state index is 13.4. The van der Waals surface area contributed by atoms with Crippen LogP contribution < -0.4 is 5.32 Å². The molecule has 4 nitrogen and oxygen atoms in total. The minimum Gasteiger partial charge on any atom is -0.319 e. The highest BCUT2D eigenvalue weighted by molar-refractivity contribution is 5.22. The number of nitrogens with zero attached hydrogens (tertiary/aromatic N) is 3. The van der Waals surface area contributed by atoms with Crippen molar-refractivity contribution in [2.45, 2.75) is 32.2 Å². The fraction of sp³-hybridized carbons (Fsp3) is 0.467. The normalized spacial score (nSPS) is 12.8. The zero-order valence-electron chi connectivity index (χ0n) is 12.2. The van der Waals surface area contributed by atoms with Gasteiger partial charge in [-0.05, 0) is 38.6 Å². The van der Waals surface area contributed by atoms with E-state index in [0.717, 1.165) is 24.4 Å². The van der Waals surface area contributed by atoms with Crippen molar-refractivity contribution in [1.82, 2.24) is 20.1 Å². The van der Waals surface area contributed by atoms with Gasteiger partial charge in [-0.25, -0.2) is 14.1 Å². The fourth-order valence-corrected chi connectivity index (χ4v) is 2.39. The van der Waals surface area contributed by atoms with Crippen LogP contribution in [0.1, 0.15) is 37.2 Å². The minimum absolute atomic E-state index is 0.178. The maximum absolute atomic E-state index is 13.4. The van der Waals surface area contributed by atoms with Gasteiger partial charge in [0.1, 0.15) is 18.0 Å². The Labute approximate surface area is 119 Å². The van der Waals surface area contributed by atoms with Gasteiger partial charge in [-0.3, -0.25) is 0 Å². The molecule has 1 atom stereocenters. The van der Waals surface area contributed by atoms with Crippen molar-refractivity contribution in [3.63, 3.8) is 0 Å². The van der Waals surface area contributed by atoms with E-state index in [0.29, 0.717) is 0 Å². The lowest BCUT2D eigenvalue weighted by Gasteiger charge is -2.18. The highest BCUT2D eigenvalue weighted by atomic mass is 19.1. The number of hydrogen-bond acceptors (Lipinski definition) is 3. The predicted molar refractivity (Wildman–Crippen MR) is 77.2 cm³/mol. The van der Waals surface area contributed by atoms with Crippen molar-refractivity contribution in [3.8, 4) is 0 Å². The maximum Gasteiger partial charge on any atom is 0.138 e. The summed E-state index contributed by atoms with van der Waals surface area (Å²) in [7, 11) is 1.90. The summed E-state index contributed by atoms with van der Waals surface area (Å²) >= 11 is 0. The summed E-state index contributed by atoms with van der Waals surface area (Å²) in [5.74, 6) is 0.913. The third-order valence-corrected chi connectivity index (χ3v) is 3.34. The Hall–Kier alpha value is -1.75. The summed E-state index contributed by atoms with van der Waals surface area (Å²) in [6.07, 6.45) is 2.32. The summed E-state index contributed by atoms with van der Waals surface area (Å²) < 4.78 is 15.3. The molecule has 0 saturated carbocycles. The van der Waals surface area contributed by atoms with Gasteiger partial charge in [0.2, 0.25) is 0 Å². The van der Waals surface area contributed by atoms with E-state index in [9.17, 15) is 4.39 Å². The van der Waals surface area contributed by atoms with Crippen LogP contribution in [0.5, 0.6) is 0 Å². The molecule has 1 N–H and O–H groups in total. The zero-order chi connectivity index (χ0) is 14.5. The van der Waals surface area contributed by atoms with Crippen LogP contribution in [0.4, 0.5) is 4.39 Å². The van der Waals surface area contributed by atoms with Crippen LogP contribution in [0, 0.1) is 5.82 Å². The lowest BCUT2D eigenvalue weighted by Crippen LogP contribution is -2.21. The van der Waals surface area contributed by atoms with Crippen LogP contribution in [0.2, 0.25) is 0 Å². The van der Waals surface area contributed by atoms with Crippen LogP contribution in [-0.4, -0.2) is 28.4 Å². The van der Waals surface area contributed by atoms with Crippen molar-refractivity contribution in [2.24, 2.45) is 0 Å². The van der Waals surface area contributed by atoms with Crippen molar-refractivity contribution >= 4 is 0 Å². The lowest BCUT2D eigenvalue weighted by atomic mass is 9.95. The van der Waals surface area contributed by atoms with E-state index in [-0.39, 0.29) is 17.8 Å². The first-order valence-electron chi connectivity index (χ1n) is 6.90. The lowest BCUT2D eigenvalue weighted by molar-refractivity contribution is 0.486. The Morgan fingerprint density at radius 3 is 2.80 bits per heavy atom. The number of likely N-dealkylation sites (N-methyl/N-ethyl adjacent to an activating group) is 1. The Morgan fingerprint density at radius 2 is 2.15 bits per heavy atom. The largest absolute Gasteiger partial charge is 0.319 e. The van der Waals surface area contributed by atoms with Crippen LogP contribution in [0.25, 0.3) is 0 Å². The Balaban J connectivity index is 2.23. The first-order valence-corrected chi connectivity index (χ1v) is 6.90. The number of halogens is 1. The van der Waals surface area contributed by atoms with Crippen LogP contribution in [0.15, 0.2) is 30.6 Å². The Kier molecular flexibility index (Phi) is 4.84. The minimum atomic E-state index is -0.200. The molecule has 1 unspecified atom stereocenters. The summed E-state index contributed by atoms with van der Waals surface area (Å²) in [5.41, 5.74) is 0.984. The van der Waals surface area contributed by atoms with Gasteiger partial charge < -0.3 is 5.32 Å². The molecule has 20 heavy (non-hydrogen) atoms. The average Bonchev–Trinajstić information content (AvgIpc) is 2.86. The number of rotatable bonds is 6. The quantitative estimate of drug-likeness (QED) is 0.881. The highest BCUT2D eigenvalue weighted by Gasteiger charge is 2.17. The third-order valence-electron chi connectivity index (χ3n) is 3.34. The van der Waals surface area contributed by atoms with Crippen molar-refractivity contribution in [3.05, 3.63) is 47.8 Å². The van der Waals surface area contributed by atoms with Gasteiger partial charge in [0.15, 0.2) is 0 Å². The highest BCUT2D eigenvalue weighted by Crippen LogP contribution is 2.21. The van der Waals surface area contributed by atoms with Crippen molar-refractivity contribution in [2.75, 3.05) is 13.6 Å². The molecule has 1 aromatic heterocycles. The molecule has 0 bridgehead atoms. The van der Waals surface area contributed by atoms with E-state index < -0.39 is 0 Å². The first kappa shape index (κ1) is 14.7. The molecule has 2 aromatic rings. The van der Waals surface area contributed by atoms with E-state index in [4.69, 9.17) is 0 Å². The molecule has 0 fully saturated rings. The monoisotopic (exact) mass is 276 g/mol. The SMILES string of the molecule is CNCC(Cc1ncnn1C(C)C)c1cccc(F)c1. The molecule has 0 aliphatic carbocycles. The molecule has 1 aromatic carbocycles. The van der Waals surface area contributed by atoms with Gasteiger partial charge in [0, 0.05) is 24.9 Å². The van der Waals surface area contributed by atoms with Crippen molar-refractivity contribution in [1.29, 1.82) is 0 Å². The van der Waals surface area contributed by atoms with E-state index in [1.807, 2.05) is 17.8 Å². The summed E-state index contributed by atoms with van der Waals surface area (Å²) in [4.78, 5) is 4.34. The molecule has 0 spiro atoms. The number of benzene rings is 1. The van der Waals surface area contributed by atoms with E-state index in [1.165, 1.54) is 6.07 Å². The van der Waals surface area contributed by atoms with Crippen LogP contribution >= 0.6 is 0 Å².